The molecule has 104 valence electrons. The Labute approximate surface area is 120 Å². The first kappa shape index (κ1) is 12.2. The van der Waals surface area contributed by atoms with Gasteiger partial charge in [0.2, 0.25) is 10.8 Å². The average molecular weight is 304 g/mol. The van der Waals surface area contributed by atoms with Crippen LogP contribution >= 0.6 is 11.3 Å². The molecule has 0 bridgehead atoms. The molecule has 0 N–H and O–H groups in total. The van der Waals surface area contributed by atoms with E-state index in [0.29, 0.717) is 21.6 Å². The molecule has 0 fully saturated rings. The summed E-state index contributed by atoms with van der Waals surface area (Å²) < 4.78 is 33.5. The summed E-state index contributed by atoms with van der Waals surface area (Å²) in [4.78, 5) is 0.500. The van der Waals surface area contributed by atoms with Crippen LogP contribution in [0.2, 0.25) is 0 Å². The van der Waals surface area contributed by atoms with Gasteiger partial charge in [0, 0.05) is 11.6 Å². The van der Waals surface area contributed by atoms with Crippen LogP contribution in [0.1, 0.15) is 0 Å². The second kappa shape index (κ2) is 4.45. The summed E-state index contributed by atoms with van der Waals surface area (Å²) in [5.74, 6) is -0.353. The van der Waals surface area contributed by atoms with E-state index in [2.05, 4.69) is 15.3 Å². The summed E-state index contributed by atoms with van der Waals surface area (Å²) in [6.45, 7) is 0. The number of nitrogens with zero attached hydrogens (tertiary/aromatic N) is 4. The van der Waals surface area contributed by atoms with E-state index in [9.17, 15) is 8.78 Å². The molecule has 0 saturated heterocycles. The summed E-state index contributed by atoms with van der Waals surface area (Å²) in [5.41, 5.74) is 0.220. The molecule has 0 aliphatic carbocycles. The molecule has 0 aliphatic heterocycles. The largest absolute Gasteiger partial charge is 0.461 e. The van der Waals surface area contributed by atoms with Crippen molar-refractivity contribution in [3.05, 3.63) is 48.2 Å². The number of furan rings is 1. The fourth-order valence-electron chi connectivity index (χ4n) is 1.95. The van der Waals surface area contributed by atoms with Crippen molar-refractivity contribution in [2.75, 3.05) is 0 Å². The Balaban J connectivity index is 1.88. The molecule has 0 unspecified atom stereocenters. The molecule has 4 aromatic rings. The van der Waals surface area contributed by atoms with Gasteiger partial charge in [0.05, 0.1) is 6.26 Å². The average Bonchev–Trinajstić information content (AvgIpc) is 3.13. The summed E-state index contributed by atoms with van der Waals surface area (Å²) >= 11 is 1.16. The highest BCUT2D eigenvalue weighted by atomic mass is 32.1. The third-order valence-corrected chi connectivity index (χ3v) is 3.83. The lowest BCUT2D eigenvalue weighted by Crippen LogP contribution is -1.91. The Morgan fingerprint density at radius 3 is 2.81 bits per heavy atom. The molecule has 1 aromatic carbocycles. The second-order valence-electron chi connectivity index (χ2n) is 4.23. The molecule has 0 aliphatic rings. The minimum atomic E-state index is -0.667. The predicted molar refractivity (Wildman–Crippen MR) is 71.7 cm³/mol. The summed E-state index contributed by atoms with van der Waals surface area (Å²) in [6.07, 6.45) is 1.52. The van der Waals surface area contributed by atoms with Gasteiger partial charge in [0.25, 0.3) is 0 Å². The predicted octanol–water partition coefficient (Wildman–Crippen LogP) is 3.39. The topological polar surface area (TPSA) is 56.2 Å². The van der Waals surface area contributed by atoms with Crippen LogP contribution in [-0.2, 0) is 0 Å². The normalized spacial score (nSPS) is 11.3. The van der Waals surface area contributed by atoms with Gasteiger partial charge in [-0.2, -0.15) is 9.61 Å². The van der Waals surface area contributed by atoms with Crippen LogP contribution in [0, 0.1) is 11.6 Å². The van der Waals surface area contributed by atoms with Gasteiger partial charge in [-0.1, -0.05) is 11.3 Å². The van der Waals surface area contributed by atoms with Crippen molar-refractivity contribution in [2.24, 2.45) is 0 Å². The fourth-order valence-corrected chi connectivity index (χ4v) is 2.81. The van der Waals surface area contributed by atoms with Crippen LogP contribution in [0.15, 0.2) is 41.0 Å². The second-order valence-corrected chi connectivity index (χ2v) is 5.18. The monoisotopic (exact) mass is 304 g/mol. The lowest BCUT2D eigenvalue weighted by Gasteiger charge is -1.97. The lowest BCUT2D eigenvalue weighted by molar-refractivity contribution is 0.575. The zero-order valence-electron chi connectivity index (χ0n) is 10.3. The number of halogens is 2. The Hall–Kier alpha value is -2.61. The highest BCUT2D eigenvalue weighted by molar-refractivity contribution is 7.19. The van der Waals surface area contributed by atoms with Gasteiger partial charge in [-0.25, -0.2) is 8.78 Å². The van der Waals surface area contributed by atoms with Crippen molar-refractivity contribution < 1.29 is 13.2 Å². The van der Waals surface area contributed by atoms with E-state index in [-0.39, 0.29) is 5.56 Å². The third kappa shape index (κ3) is 1.91. The number of rotatable bonds is 2. The summed E-state index contributed by atoms with van der Waals surface area (Å²) in [7, 11) is 0. The van der Waals surface area contributed by atoms with E-state index in [1.54, 1.807) is 12.1 Å². The minimum Gasteiger partial charge on any atom is -0.461 e. The van der Waals surface area contributed by atoms with E-state index in [1.807, 2.05) is 0 Å². The smallest absolute Gasteiger partial charge is 0.235 e. The molecule has 3 aromatic heterocycles. The van der Waals surface area contributed by atoms with Gasteiger partial charge in [0.15, 0.2) is 10.8 Å². The highest BCUT2D eigenvalue weighted by Gasteiger charge is 2.17. The first-order chi connectivity index (χ1) is 10.2. The van der Waals surface area contributed by atoms with Gasteiger partial charge in [0.1, 0.15) is 11.6 Å². The number of benzene rings is 1. The van der Waals surface area contributed by atoms with E-state index in [0.717, 1.165) is 17.4 Å². The molecule has 3 heterocycles. The SMILES string of the molecule is Fc1ccc(-c2nn3c(-c4ccco4)nnc3s2)c(F)c1. The van der Waals surface area contributed by atoms with Gasteiger partial charge in [-0.15, -0.1) is 10.2 Å². The molecule has 0 spiro atoms. The van der Waals surface area contributed by atoms with Crippen LogP contribution in [0.5, 0.6) is 0 Å². The maximum atomic E-state index is 13.8. The minimum absolute atomic E-state index is 0.220. The van der Waals surface area contributed by atoms with E-state index < -0.39 is 11.6 Å². The molecular formula is C13H6F2N4OS. The van der Waals surface area contributed by atoms with Crippen LogP contribution in [0.4, 0.5) is 8.78 Å². The standard InChI is InChI=1S/C13H6F2N4OS/c14-7-3-4-8(9(15)6-7)12-18-19-11(10-2-1-5-20-10)16-17-13(19)21-12/h1-6H. The molecule has 0 saturated carbocycles. The van der Waals surface area contributed by atoms with Crippen LogP contribution in [-0.4, -0.2) is 19.8 Å². The number of hydrogen-bond donors (Lipinski definition) is 0. The van der Waals surface area contributed by atoms with Gasteiger partial charge in [-0.3, -0.25) is 0 Å². The van der Waals surface area contributed by atoms with Crippen LogP contribution < -0.4 is 0 Å². The fraction of sp³-hybridized carbons (Fsp3) is 0. The van der Waals surface area contributed by atoms with Crippen LogP contribution in [0.25, 0.3) is 27.1 Å². The molecule has 4 rings (SSSR count). The maximum absolute atomic E-state index is 13.8. The maximum Gasteiger partial charge on any atom is 0.235 e. The van der Waals surface area contributed by atoms with Crippen LogP contribution in [0.3, 0.4) is 0 Å². The summed E-state index contributed by atoms with van der Waals surface area (Å²) in [6, 6.07) is 6.82. The summed E-state index contributed by atoms with van der Waals surface area (Å²) in [5, 5.41) is 12.6. The van der Waals surface area contributed by atoms with Crippen molar-refractivity contribution >= 4 is 16.3 Å². The highest BCUT2D eigenvalue weighted by Crippen LogP contribution is 2.29. The Morgan fingerprint density at radius 1 is 1.14 bits per heavy atom. The molecule has 21 heavy (non-hydrogen) atoms. The molecular weight excluding hydrogens is 298 g/mol. The van der Waals surface area contributed by atoms with Crippen molar-refractivity contribution in [1.29, 1.82) is 0 Å². The van der Waals surface area contributed by atoms with E-state index in [1.165, 1.54) is 22.9 Å². The number of hydrogen-bond acceptors (Lipinski definition) is 5. The zero-order chi connectivity index (χ0) is 14.4. The van der Waals surface area contributed by atoms with Crippen molar-refractivity contribution in [3.63, 3.8) is 0 Å². The van der Waals surface area contributed by atoms with E-state index >= 15 is 0 Å². The van der Waals surface area contributed by atoms with Crippen molar-refractivity contribution in [1.82, 2.24) is 19.8 Å². The zero-order valence-corrected chi connectivity index (χ0v) is 11.1. The van der Waals surface area contributed by atoms with E-state index in [4.69, 9.17) is 4.42 Å². The Kier molecular flexibility index (Phi) is 2.58. The third-order valence-electron chi connectivity index (χ3n) is 2.89. The molecule has 5 nitrogen and oxygen atoms in total. The van der Waals surface area contributed by atoms with Gasteiger partial charge in [-0.05, 0) is 24.3 Å². The molecule has 0 atom stereocenters. The number of fused-ring (bicyclic) bond motifs is 1. The first-order valence-electron chi connectivity index (χ1n) is 5.94. The van der Waals surface area contributed by atoms with Gasteiger partial charge < -0.3 is 4.42 Å². The lowest BCUT2D eigenvalue weighted by atomic mass is 10.2. The number of aromatic nitrogens is 4. The van der Waals surface area contributed by atoms with Crippen molar-refractivity contribution in [2.45, 2.75) is 0 Å². The molecule has 8 heteroatoms. The van der Waals surface area contributed by atoms with Crippen molar-refractivity contribution in [3.8, 4) is 22.2 Å². The Morgan fingerprint density at radius 2 is 2.05 bits per heavy atom. The quantitative estimate of drug-likeness (QED) is 0.569. The molecule has 0 amide bonds. The molecule has 0 radical (unpaired) electrons. The van der Waals surface area contributed by atoms with Gasteiger partial charge >= 0.3 is 0 Å². The first-order valence-corrected chi connectivity index (χ1v) is 6.75. The Bertz CT molecular complexity index is 929.